The Hall–Kier alpha value is -3.01. The number of alkyl halides is 2. The molecule has 6 rings (SSSR count). The Morgan fingerprint density at radius 2 is 1.68 bits per heavy atom. The second-order valence-electron chi connectivity index (χ2n) is 11.2. The summed E-state index contributed by atoms with van der Waals surface area (Å²) in [6, 6.07) is 9.97. The number of nitrogens with zero attached hydrogens (tertiary/aromatic N) is 4. The third-order valence-corrected chi connectivity index (χ3v) is 8.79. The molecule has 1 saturated carbocycles. The average molecular weight is 541 g/mol. The summed E-state index contributed by atoms with van der Waals surface area (Å²) < 4.78 is 42.2. The van der Waals surface area contributed by atoms with Crippen LogP contribution in [0.4, 0.5) is 26.0 Å². The molecule has 2 aliphatic heterocycles. The number of pyridine rings is 1. The number of anilines is 3. The van der Waals surface area contributed by atoms with Gasteiger partial charge in [-0.15, -0.1) is 0 Å². The van der Waals surface area contributed by atoms with Crippen LogP contribution >= 0.6 is 0 Å². The first-order valence-corrected chi connectivity index (χ1v) is 14.9. The number of halogens is 2. The van der Waals surface area contributed by atoms with Gasteiger partial charge < -0.3 is 19.5 Å². The zero-order valence-electron chi connectivity index (χ0n) is 21.9. The van der Waals surface area contributed by atoms with Crippen LogP contribution in [0.25, 0.3) is 22.8 Å². The summed E-state index contributed by atoms with van der Waals surface area (Å²) in [7, 11) is -1.16. The number of piperidine rings is 2. The van der Waals surface area contributed by atoms with Gasteiger partial charge >= 0.3 is 0 Å². The smallest absolute Gasteiger partial charge is 0.251 e. The summed E-state index contributed by atoms with van der Waals surface area (Å²) in [4.78, 5) is 17.4. The number of aromatic amines is 1. The fraction of sp³-hybridized carbons (Fsp3) is 0.500. The molecule has 2 aromatic heterocycles. The number of imidazole rings is 1. The summed E-state index contributed by atoms with van der Waals surface area (Å²) in [6.45, 7) is 4.57. The molecule has 1 atom stereocenters. The lowest BCUT2D eigenvalue weighted by Gasteiger charge is -2.35. The predicted octanol–water partition coefficient (Wildman–Crippen LogP) is 5.77. The SMILES string of the molecule is Cc1cc(-c2cnc(-c3ccc(NS(C)=O)cc3N3CCC4(CC3)CC4)[nH]2)nc(N2CCC(F)(F)CC2)c1. The highest BCUT2D eigenvalue weighted by molar-refractivity contribution is 7.85. The minimum atomic E-state index is -2.59. The molecule has 3 aliphatic rings. The van der Waals surface area contributed by atoms with E-state index in [0.717, 1.165) is 58.6 Å². The minimum absolute atomic E-state index is 0.150. The summed E-state index contributed by atoms with van der Waals surface area (Å²) in [6.07, 6.45) is 8.21. The third kappa shape index (κ3) is 5.28. The molecule has 0 bridgehead atoms. The molecule has 38 heavy (non-hydrogen) atoms. The van der Waals surface area contributed by atoms with Gasteiger partial charge in [0.2, 0.25) is 0 Å². The van der Waals surface area contributed by atoms with E-state index >= 15 is 0 Å². The molecule has 3 fully saturated rings. The van der Waals surface area contributed by atoms with E-state index in [1.807, 2.05) is 36.1 Å². The van der Waals surface area contributed by atoms with E-state index in [0.29, 0.717) is 18.5 Å². The summed E-state index contributed by atoms with van der Waals surface area (Å²) in [5, 5.41) is 0. The molecule has 1 aliphatic carbocycles. The molecule has 1 aromatic carbocycles. The van der Waals surface area contributed by atoms with Crippen molar-refractivity contribution in [1.29, 1.82) is 0 Å². The minimum Gasteiger partial charge on any atom is -0.371 e. The lowest BCUT2D eigenvalue weighted by atomic mass is 9.93. The lowest BCUT2D eigenvalue weighted by molar-refractivity contribution is -0.0221. The van der Waals surface area contributed by atoms with Crippen molar-refractivity contribution in [3.63, 3.8) is 0 Å². The number of hydrogen-bond acceptors (Lipinski definition) is 5. The average Bonchev–Trinajstić information content (AvgIpc) is 3.44. The van der Waals surface area contributed by atoms with E-state index in [4.69, 9.17) is 9.97 Å². The molecule has 2 saturated heterocycles. The first-order chi connectivity index (χ1) is 18.2. The maximum absolute atomic E-state index is 13.7. The number of hydrogen-bond donors (Lipinski definition) is 2. The largest absolute Gasteiger partial charge is 0.371 e. The standard InChI is InChI=1S/C28H34F2N6OS/c1-19-15-22(32-25(16-19)36-13-9-28(29,30)10-14-36)23-18-31-26(33-23)21-4-3-20(34-38(2)37)17-24(21)35-11-7-27(5-6-27)8-12-35/h3-4,15-18,34H,5-14H2,1-2H3,(H,31,33). The summed E-state index contributed by atoms with van der Waals surface area (Å²) >= 11 is 0. The van der Waals surface area contributed by atoms with Gasteiger partial charge in [0, 0.05) is 62.2 Å². The van der Waals surface area contributed by atoms with Gasteiger partial charge in [0.15, 0.2) is 0 Å². The van der Waals surface area contributed by atoms with Crippen molar-refractivity contribution in [2.24, 2.45) is 5.41 Å². The Morgan fingerprint density at radius 1 is 0.974 bits per heavy atom. The Labute approximate surface area is 224 Å². The van der Waals surface area contributed by atoms with Crippen LogP contribution < -0.4 is 14.5 Å². The van der Waals surface area contributed by atoms with E-state index in [-0.39, 0.29) is 12.8 Å². The Bertz CT molecular complexity index is 1350. The van der Waals surface area contributed by atoms with Crippen molar-refractivity contribution in [2.45, 2.75) is 51.4 Å². The molecule has 0 amide bonds. The predicted molar refractivity (Wildman–Crippen MR) is 149 cm³/mol. The maximum Gasteiger partial charge on any atom is 0.251 e. The lowest BCUT2D eigenvalue weighted by Crippen LogP contribution is -2.39. The van der Waals surface area contributed by atoms with Crippen LogP contribution in [0.5, 0.6) is 0 Å². The van der Waals surface area contributed by atoms with Crippen LogP contribution in [-0.2, 0) is 11.0 Å². The summed E-state index contributed by atoms with van der Waals surface area (Å²) in [5.41, 5.74) is 5.99. The molecule has 7 nitrogen and oxygen atoms in total. The van der Waals surface area contributed by atoms with Crippen LogP contribution in [-0.4, -0.2) is 57.5 Å². The van der Waals surface area contributed by atoms with Crippen LogP contribution in [0, 0.1) is 12.3 Å². The second-order valence-corrected chi connectivity index (χ2v) is 12.3. The molecule has 1 unspecified atom stereocenters. The van der Waals surface area contributed by atoms with E-state index in [2.05, 4.69) is 20.7 Å². The van der Waals surface area contributed by atoms with Gasteiger partial charge in [0.1, 0.15) is 22.6 Å². The second kappa shape index (κ2) is 9.63. The van der Waals surface area contributed by atoms with Gasteiger partial charge in [-0.1, -0.05) is 0 Å². The first-order valence-electron chi connectivity index (χ1n) is 13.4. The molecular weight excluding hydrogens is 506 g/mol. The number of rotatable bonds is 6. The van der Waals surface area contributed by atoms with Gasteiger partial charge in [0.25, 0.3) is 5.92 Å². The maximum atomic E-state index is 13.7. The molecular formula is C28H34F2N6OS. The van der Waals surface area contributed by atoms with Crippen molar-refractivity contribution in [2.75, 3.05) is 47.0 Å². The molecule has 3 aromatic rings. The topological polar surface area (TPSA) is 77.1 Å². The molecule has 4 heterocycles. The normalized spacial score (nSPS) is 20.9. The van der Waals surface area contributed by atoms with Crippen LogP contribution in [0.2, 0.25) is 0 Å². The van der Waals surface area contributed by atoms with Crippen LogP contribution in [0.1, 0.15) is 44.1 Å². The zero-order chi connectivity index (χ0) is 26.5. The van der Waals surface area contributed by atoms with Gasteiger partial charge in [0.05, 0.1) is 17.6 Å². The van der Waals surface area contributed by atoms with E-state index < -0.39 is 16.9 Å². The van der Waals surface area contributed by atoms with Crippen LogP contribution in [0.3, 0.4) is 0 Å². The van der Waals surface area contributed by atoms with E-state index in [1.165, 1.54) is 25.7 Å². The van der Waals surface area contributed by atoms with E-state index in [1.54, 1.807) is 12.5 Å². The highest BCUT2D eigenvalue weighted by Gasteiger charge is 2.44. The molecule has 202 valence electrons. The Balaban J connectivity index is 1.30. The number of benzene rings is 1. The Morgan fingerprint density at radius 3 is 2.37 bits per heavy atom. The van der Waals surface area contributed by atoms with Crippen molar-refractivity contribution in [3.05, 3.63) is 42.1 Å². The molecule has 1 spiro atoms. The number of aryl methyl sites for hydroxylation is 1. The molecule has 2 N–H and O–H groups in total. The van der Waals surface area contributed by atoms with Gasteiger partial charge in [-0.25, -0.2) is 23.0 Å². The fourth-order valence-corrected chi connectivity index (χ4v) is 6.18. The quantitative estimate of drug-likeness (QED) is 0.415. The number of H-pyrrole nitrogens is 1. The first kappa shape index (κ1) is 25.3. The number of aromatic nitrogens is 3. The molecule has 10 heteroatoms. The Kier molecular flexibility index (Phi) is 6.40. The number of nitrogens with one attached hydrogen (secondary N) is 2. The van der Waals surface area contributed by atoms with Crippen LogP contribution in [0.15, 0.2) is 36.5 Å². The van der Waals surface area contributed by atoms with Gasteiger partial charge in [-0.3, -0.25) is 0 Å². The van der Waals surface area contributed by atoms with Gasteiger partial charge in [-0.2, -0.15) is 0 Å². The fourth-order valence-electron chi connectivity index (χ4n) is 5.72. The van der Waals surface area contributed by atoms with Crippen molar-refractivity contribution in [3.8, 4) is 22.8 Å². The van der Waals surface area contributed by atoms with E-state index in [9.17, 15) is 13.0 Å². The monoisotopic (exact) mass is 540 g/mol. The molecule has 0 radical (unpaired) electrons. The van der Waals surface area contributed by atoms with Crippen molar-refractivity contribution in [1.82, 2.24) is 15.0 Å². The zero-order valence-corrected chi connectivity index (χ0v) is 22.7. The van der Waals surface area contributed by atoms with Crippen molar-refractivity contribution >= 4 is 28.2 Å². The van der Waals surface area contributed by atoms with Crippen molar-refractivity contribution < 1.29 is 13.0 Å². The third-order valence-electron chi connectivity index (χ3n) is 8.26. The highest BCUT2D eigenvalue weighted by atomic mass is 32.2. The highest BCUT2D eigenvalue weighted by Crippen LogP contribution is 2.54. The van der Waals surface area contributed by atoms with Gasteiger partial charge in [-0.05, 0) is 73.9 Å². The summed E-state index contributed by atoms with van der Waals surface area (Å²) in [5.74, 6) is -1.13.